The summed E-state index contributed by atoms with van der Waals surface area (Å²) in [4.78, 5) is -0.688. The van der Waals surface area contributed by atoms with Crippen LogP contribution >= 0.6 is 0 Å². The maximum Gasteiger partial charge on any atom is 0.491 e. The van der Waals surface area contributed by atoms with Gasteiger partial charge in [-0.1, -0.05) is 12.1 Å². The number of hydrogen-bond acceptors (Lipinski definition) is 2. The fourth-order valence-corrected chi connectivity index (χ4v) is 1.84. The zero-order chi connectivity index (χ0) is 14.6. The van der Waals surface area contributed by atoms with Gasteiger partial charge >= 0.3 is 12.5 Å². The minimum absolute atomic E-state index is 0.558. The van der Waals surface area contributed by atoms with Gasteiger partial charge in [0, 0.05) is 11.1 Å². The molecule has 0 fully saturated rings. The summed E-state index contributed by atoms with van der Waals surface area (Å²) in [7, 11) is 0. The molecular weight excluding hydrogens is 276 g/mol. The minimum Gasteiger partial charge on any atom is -0.284 e. The van der Waals surface area contributed by atoms with E-state index >= 15 is 0 Å². The van der Waals surface area contributed by atoms with E-state index in [2.05, 4.69) is 0 Å². The number of hydrogen-bond donors (Lipinski definition) is 2. The summed E-state index contributed by atoms with van der Waals surface area (Å²) in [6.45, 7) is 0. The number of benzene rings is 1. The number of rotatable bonds is 0. The maximum absolute atomic E-state index is 12.7. The van der Waals surface area contributed by atoms with E-state index in [1.165, 1.54) is 0 Å². The first-order valence-corrected chi connectivity index (χ1v) is 4.80. The van der Waals surface area contributed by atoms with Crippen molar-refractivity contribution in [1.29, 1.82) is 10.8 Å². The Morgan fingerprint density at radius 3 is 1.95 bits per heavy atom. The van der Waals surface area contributed by atoms with Crippen LogP contribution in [0.2, 0.25) is 0 Å². The molecule has 1 aliphatic rings. The Bertz CT molecular complexity index is 572. The predicted molar refractivity (Wildman–Crippen MR) is 53.0 cm³/mol. The van der Waals surface area contributed by atoms with Gasteiger partial charge in [-0.2, -0.15) is 13.2 Å². The zero-order valence-corrected chi connectivity index (χ0v) is 8.95. The van der Waals surface area contributed by atoms with Crippen LogP contribution in [-0.4, -0.2) is 22.9 Å². The summed E-state index contributed by atoms with van der Waals surface area (Å²) in [5, 5.41) is 14.5. The molecule has 0 aliphatic carbocycles. The summed E-state index contributed by atoms with van der Waals surface area (Å²) < 4.78 is 76.0. The molecule has 0 saturated carbocycles. The van der Waals surface area contributed by atoms with E-state index in [-0.39, 0.29) is 0 Å². The van der Waals surface area contributed by atoms with Crippen molar-refractivity contribution in [2.75, 3.05) is 0 Å². The standard InChI is InChI=1S/C10H5F6N3/c11-9(12,13)5-3-1-2-4-6(5)8(18)19(7(4)17)10(14,15)16/h1-3,17-18H. The third kappa shape index (κ3) is 1.94. The van der Waals surface area contributed by atoms with Gasteiger partial charge in [0.2, 0.25) is 0 Å². The van der Waals surface area contributed by atoms with Crippen LogP contribution in [0, 0.1) is 10.8 Å². The molecule has 3 nitrogen and oxygen atoms in total. The molecule has 1 aliphatic heterocycles. The van der Waals surface area contributed by atoms with Crippen molar-refractivity contribution < 1.29 is 26.3 Å². The molecule has 0 bridgehead atoms. The number of fused-ring (bicyclic) bond motifs is 1. The molecule has 0 radical (unpaired) electrons. The normalized spacial score (nSPS) is 16.0. The van der Waals surface area contributed by atoms with Crippen molar-refractivity contribution in [2.24, 2.45) is 0 Å². The van der Waals surface area contributed by atoms with Crippen molar-refractivity contribution in [3.05, 3.63) is 34.9 Å². The predicted octanol–water partition coefficient (Wildman–Crippen LogP) is 3.19. The van der Waals surface area contributed by atoms with Crippen molar-refractivity contribution in [2.45, 2.75) is 12.5 Å². The van der Waals surface area contributed by atoms with Gasteiger partial charge in [-0.25, -0.2) is 4.90 Å². The van der Waals surface area contributed by atoms with Crippen LogP contribution in [0.5, 0.6) is 0 Å². The Hall–Kier alpha value is -2.06. The van der Waals surface area contributed by atoms with E-state index in [9.17, 15) is 26.3 Å². The maximum atomic E-state index is 12.7. The Kier molecular flexibility index (Phi) is 2.62. The van der Waals surface area contributed by atoms with Crippen molar-refractivity contribution in [1.82, 2.24) is 4.90 Å². The summed E-state index contributed by atoms with van der Waals surface area (Å²) in [6.07, 6.45) is -10.0. The summed E-state index contributed by atoms with van der Waals surface area (Å²) in [5.41, 5.74) is -2.83. The van der Waals surface area contributed by atoms with Crippen molar-refractivity contribution >= 4 is 11.7 Å². The van der Waals surface area contributed by atoms with Gasteiger partial charge in [0.25, 0.3) is 0 Å². The molecule has 0 aromatic heterocycles. The highest BCUT2D eigenvalue weighted by atomic mass is 19.4. The summed E-state index contributed by atoms with van der Waals surface area (Å²) in [5.74, 6) is -2.57. The molecule has 19 heavy (non-hydrogen) atoms. The average Bonchev–Trinajstić information content (AvgIpc) is 2.49. The lowest BCUT2D eigenvalue weighted by Gasteiger charge is -2.20. The molecule has 1 heterocycles. The van der Waals surface area contributed by atoms with Crippen molar-refractivity contribution in [3.63, 3.8) is 0 Å². The van der Waals surface area contributed by atoms with E-state index < -0.39 is 45.7 Å². The van der Waals surface area contributed by atoms with Crippen LogP contribution in [0.25, 0.3) is 0 Å². The highest BCUT2D eigenvalue weighted by molar-refractivity contribution is 6.24. The van der Waals surface area contributed by atoms with E-state index in [1.807, 2.05) is 0 Å². The summed E-state index contributed by atoms with van der Waals surface area (Å²) in [6, 6.07) is 2.44. The molecule has 0 unspecified atom stereocenters. The molecule has 2 N–H and O–H groups in total. The Morgan fingerprint density at radius 1 is 0.895 bits per heavy atom. The summed E-state index contributed by atoms with van der Waals surface area (Å²) >= 11 is 0. The third-order valence-corrected chi connectivity index (χ3v) is 2.56. The molecule has 0 atom stereocenters. The number of alkyl halides is 6. The van der Waals surface area contributed by atoms with Gasteiger partial charge in [0.1, 0.15) is 11.7 Å². The van der Waals surface area contributed by atoms with Gasteiger partial charge in [-0.3, -0.25) is 10.8 Å². The number of amidine groups is 2. The number of nitrogens with one attached hydrogen (secondary N) is 2. The largest absolute Gasteiger partial charge is 0.491 e. The molecule has 1 aromatic rings. The second-order valence-electron chi connectivity index (χ2n) is 3.73. The van der Waals surface area contributed by atoms with Gasteiger partial charge in [0.15, 0.2) is 0 Å². The van der Waals surface area contributed by atoms with Crippen LogP contribution in [-0.2, 0) is 6.18 Å². The monoisotopic (exact) mass is 281 g/mol. The lowest BCUT2D eigenvalue weighted by Crippen LogP contribution is -2.42. The van der Waals surface area contributed by atoms with E-state index in [4.69, 9.17) is 10.8 Å². The Labute approximate surface area is 102 Å². The van der Waals surface area contributed by atoms with Crippen LogP contribution < -0.4 is 0 Å². The SMILES string of the molecule is N=C1c2cccc(C(F)(F)F)c2C(=N)N1C(F)(F)F. The lowest BCUT2D eigenvalue weighted by atomic mass is 10.0. The highest BCUT2D eigenvalue weighted by Gasteiger charge is 2.50. The van der Waals surface area contributed by atoms with Gasteiger partial charge < -0.3 is 0 Å². The van der Waals surface area contributed by atoms with E-state index in [0.29, 0.717) is 6.07 Å². The second-order valence-corrected chi connectivity index (χ2v) is 3.73. The third-order valence-electron chi connectivity index (χ3n) is 2.56. The van der Waals surface area contributed by atoms with Crippen LogP contribution in [0.15, 0.2) is 18.2 Å². The van der Waals surface area contributed by atoms with E-state index in [0.717, 1.165) is 12.1 Å². The van der Waals surface area contributed by atoms with Crippen LogP contribution in [0.4, 0.5) is 26.3 Å². The molecule has 0 amide bonds. The fourth-order valence-electron chi connectivity index (χ4n) is 1.84. The molecule has 0 spiro atoms. The van der Waals surface area contributed by atoms with Gasteiger partial charge in [-0.15, -0.1) is 13.2 Å². The Balaban J connectivity index is 2.67. The number of halogens is 6. The molecule has 0 saturated heterocycles. The Morgan fingerprint density at radius 2 is 1.47 bits per heavy atom. The van der Waals surface area contributed by atoms with E-state index in [1.54, 1.807) is 0 Å². The quantitative estimate of drug-likeness (QED) is 0.557. The van der Waals surface area contributed by atoms with Crippen LogP contribution in [0.3, 0.4) is 0 Å². The van der Waals surface area contributed by atoms with Gasteiger partial charge in [0.05, 0.1) is 5.56 Å². The first-order valence-electron chi connectivity index (χ1n) is 4.80. The minimum atomic E-state index is -5.12. The first kappa shape index (κ1) is 13.4. The molecule has 102 valence electrons. The first-order chi connectivity index (χ1) is 8.55. The van der Waals surface area contributed by atoms with Crippen LogP contribution in [0.1, 0.15) is 16.7 Å². The average molecular weight is 281 g/mol. The zero-order valence-electron chi connectivity index (χ0n) is 8.95. The smallest absolute Gasteiger partial charge is 0.284 e. The molecule has 1 aromatic carbocycles. The topological polar surface area (TPSA) is 50.9 Å². The highest BCUT2D eigenvalue weighted by Crippen LogP contribution is 2.39. The number of nitrogens with zero attached hydrogens (tertiary/aromatic N) is 1. The molecule has 2 rings (SSSR count). The van der Waals surface area contributed by atoms with Crippen molar-refractivity contribution in [3.8, 4) is 0 Å². The lowest BCUT2D eigenvalue weighted by molar-refractivity contribution is -0.192. The fraction of sp³-hybridized carbons (Fsp3) is 0.200. The van der Waals surface area contributed by atoms with Gasteiger partial charge in [-0.05, 0) is 6.07 Å². The second kappa shape index (κ2) is 3.72. The molecular formula is C10H5F6N3. The molecule has 9 heteroatoms.